The number of rotatable bonds is 0. The van der Waals surface area contributed by atoms with E-state index < -0.39 is 0 Å². The summed E-state index contributed by atoms with van der Waals surface area (Å²) < 4.78 is 2.25. The highest BCUT2D eigenvalue weighted by Crippen LogP contribution is 2.44. The highest BCUT2D eigenvalue weighted by molar-refractivity contribution is 6.37. The maximum absolute atomic E-state index is 13.8. The molecule has 31 heavy (non-hydrogen) atoms. The summed E-state index contributed by atoms with van der Waals surface area (Å²) in [6, 6.07) is 18.5. The van der Waals surface area contributed by atoms with Crippen LogP contribution in [-0.4, -0.2) is 14.4 Å². The fourth-order valence-electron chi connectivity index (χ4n) is 5.65. The lowest BCUT2D eigenvalue weighted by atomic mass is 9.91. The second-order valence-corrected chi connectivity index (χ2v) is 8.23. The van der Waals surface area contributed by atoms with E-state index in [2.05, 4.69) is 50.8 Å². The quantitative estimate of drug-likeness (QED) is 0.238. The number of fused-ring (bicyclic) bond motifs is 9. The highest BCUT2D eigenvalue weighted by atomic mass is 16.1. The molecule has 0 bridgehead atoms. The summed E-state index contributed by atoms with van der Waals surface area (Å²) >= 11 is 0. The molecule has 4 aromatic carbocycles. The summed E-state index contributed by atoms with van der Waals surface area (Å²) in [4.78, 5) is 22.5. The largest absolute Gasteiger partial charge is 0.305 e. The van der Waals surface area contributed by atoms with Gasteiger partial charge in [-0.3, -0.25) is 14.8 Å². The topological polar surface area (TPSA) is 47.3 Å². The zero-order chi connectivity index (χ0) is 20.3. The number of hydrogen-bond donors (Lipinski definition) is 0. The molecule has 4 aromatic heterocycles. The third-order valence-corrected chi connectivity index (χ3v) is 6.83. The van der Waals surface area contributed by atoms with E-state index in [-0.39, 0.29) is 5.43 Å². The second kappa shape index (κ2) is 5.05. The molecule has 142 valence electrons. The first-order valence-electron chi connectivity index (χ1n) is 10.3. The Labute approximate surface area is 174 Å². The van der Waals surface area contributed by atoms with Crippen molar-refractivity contribution in [2.45, 2.75) is 0 Å². The van der Waals surface area contributed by atoms with Crippen LogP contribution in [0, 0.1) is 0 Å². The molecule has 8 aromatic rings. The normalized spacial score (nSPS) is 12.6. The van der Waals surface area contributed by atoms with Gasteiger partial charge in [0.25, 0.3) is 0 Å². The average Bonchev–Trinajstić information content (AvgIpc) is 3.34. The fourth-order valence-corrected chi connectivity index (χ4v) is 5.65. The lowest BCUT2D eigenvalue weighted by Gasteiger charge is -2.10. The summed E-state index contributed by atoms with van der Waals surface area (Å²) in [5, 5.41) is 10.3. The Balaban J connectivity index is 1.87. The van der Waals surface area contributed by atoms with Crippen LogP contribution < -0.4 is 5.43 Å². The highest BCUT2D eigenvalue weighted by Gasteiger charge is 2.23. The Morgan fingerprint density at radius 1 is 0.613 bits per heavy atom. The molecule has 4 heterocycles. The fraction of sp³-hybridized carbons (Fsp3) is 0. The molecule has 0 aliphatic heterocycles. The monoisotopic (exact) mass is 395 g/mol. The van der Waals surface area contributed by atoms with Gasteiger partial charge in [-0.1, -0.05) is 36.4 Å². The minimum Gasteiger partial charge on any atom is -0.305 e. The van der Waals surface area contributed by atoms with E-state index in [1.54, 1.807) is 0 Å². The predicted molar refractivity (Wildman–Crippen MR) is 127 cm³/mol. The maximum Gasteiger partial charge on any atom is 0.194 e. The zero-order valence-electron chi connectivity index (χ0n) is 16.3. The zero-order valence-corrected chi connectivity index (χ0v) is 16.3. The van der Waals surface area contributed by atoms with E-state index in [4.69, 9.17) is 0 Å². The third-order valence-electron chi connectivity index (χ3n) is 6.83. The number of hydrogen-bond acceptors (Lipinski definition) is 3. The van der Waals surface area contributed by atoms with Crippen molar-refractivity contribution in [1.29, 1.82) is 0 Å². The molecule has 4 heteroatoms. The molecule has 0 amide bonds. The molecule has 0 spiro atoms. The van der Waals surface area contributed by atoms with Gasteiger partial charge >= 0.3 is 0 Å². The van der Waals surface area contributed by atoms with Crippen molar-refractivity contribution >= 4 is 70.4 Å². The summed E-state index contributed by atoms with van der Waals surface area (Å²) in [5.41, 5.74) is 3.30. The van der Waals surface area contributed by atoms with Gasteiger partial charge in [0.05, 0.1) is 28.9 Å². The van der Waals surface area contributed by atoms with Crippen LogP contribution in [0.4, 0.5) is 0 Å². The minimum absolute atomic E-state index is 0.0925. The van der Waals surface area contributed by atoms with E-state index in [0.29, 0.717) is 0 Å². The van der Waals surface area contributed by atoms with Crippen LogP contribution in [0.25, 0.3) is 70.4 Å². The van der Waals surface area contributed by atoms with E-state index in [0.717, 1.165) is 70.4 Å². The Kier molecular flexibility index (Phi) is 2.53. The van der Waals surface area contributed by atoms with Crippen molar-refractivity contribution in [3.8, 4) is 0 Å². The first-order valence-corrected chi connectivity index (χ1v) is 10.3. The Morgan fingerprint density at radius 2 is 1.32 bits per heavy atom. The second-order valence-electron chi connectivity index (χ2n) is 8.23. The predicted octanol–water partition coefficient (Wildman–Crippen LogP) is 5.88. The van der Waals surface area contributed by atoms with Crippen molar-refractivity contribution in [2.24, 2.45) is 0 Å². The Morgan fingerprint density at radius 3 is 2.13 bits per heavy atom. The van der Waals surface area contributed by atoms with Crippen molar-refractivity contribution in [3.63, 3.8) is 0 Å². The first kappa shape index (κ1) is 15.5. The van der Waals surface area contributed by atoms with Crippen LogP contribution in [0.3, 0.4) is 0 Å². The molecule has 0 fully saturated rings. The Hall–Kier alpha value is -4.31. The summed E-state index contributed by atoms with van der Waals surface area (Å²) in [5.74, 6) is 0. The van der Waals surface area contributed by atoms with Gasteiger partial charge in [0.2, 0.25) is 0 Å². The SMILES string of the molecule is O=c1c2cccc3cccc(c32)c2c1cc1c3ccncc3n3c4cnccc4c2c13. The number of pyridine rings is 2. The maximum atomic E-state index is 13.8. The van der Waals surface area contributed by atoms with E-state index in [1.165, 1.54) is 0 Å². The van der Waals surface area contributed by atoms with Crippen LogP contribution in [0.15, 0.2) is 84.2 Å². The van der Waals surface area contributed by atoms with E-state index in [9.17, 15) is 4.79 Å². The van der Waals surface area contributed by atoms with Crippen molar-refractivity contribution < 1.29 is 0 Å². The molecule has 8 rings (SSSR count). The van der Waals surface area contributed by atoms with Crippen LogP contribution in [0.2, 0.25) is 0 Å². The molecular formula is C27H13N3O. The third kappa shape index (κ3) is 1.64. The van der Waals surface area contributed by atoms with Gasteiger partial charge in [-0.2, -0.15) is 0 Å². The van der Waals surface area contributed by atoms with Gasteiger partial charge in [-0.25, -0.2) is 0 Å². The van der Waals surface area contributed by atoms with Crippen molar-refractivity contribution in [2.75, 3.05) is 0 Å². The summed E-state index contributed by atoms with van der Waals surface area (Å²) in [6.45, 7) is 0. The van der Waals surface area contributed by atoms with E-state index >= 15 is 0 Å². The van der Waals surface area contributed by atoms with Gasteiger partial charge in [0.15, 0.2) is 5.43 Å². The first-order chi connectivity index (χ1) is 15.3. The smallest absolute Gasteiger partial charge is 0.194 e. The van der Waals surface area contributed by atoms with Gasteiger partial charge < -0.3 is 4.40 Å². The van der Waals surface area contributed by atoms with Crippen LogP contribution in [0.5, 0.6) is 0 Å². The van der Waals surface area contributed by atoms with Crippen LogP contribution in [0.1, 0.15) is 0 Å². The van der Waals surface area contributed by atoms with Gasteiger partial charge in [0, 0.05) is 55.5 Å². The molecular weight excluding hydrogens is 382 g/mol. The molecule has 0 unspecified atom stereocenters. The van der Waals surface area contributed by atoms with Crippen molar-refractivity contribution in [1.82, 2.24) is 14.4 Å². The number of benzene rings is 4. The molecule has 0 N–H and O–H groups in total. The molecule has 0 saturated heterocycles. The van der Waals surface area contributed by atoms with Gasteiger partial charge in [-0.15, -0.1) is 0 Å². The minimum atomic E-state index is 0.0925. The summed E-state index contributed by atoms with van der Waals surface area (Å²) in [6.07, 6.45) is 7.45. The molecule has 0 aliphatic carbocycles. The lowest BCUT2D eigenvalue weighted by molar-refractivity contribution is 1.27. The molecule has 0 atom stereocenters. The molecule has 4 nitrogen and oxygen atoms in total. The summed E-state index contributed by atoms with van der Waals surface area (Å²) in [7, 11) is 0. The van der Waals surface area contributed by atoms with Gasteiger partial charge in [0.1, 0.15) is 0 Å². The average molecular weight is 395 g/mol. The van der Waals surface area contributed by atoms with Crippen LogP contribution >= 0.6 is 0 Å². The number of nitrogens with zero attached hydrogens (tertiary/aromatic N) is 3. The molecule has 0 saturated carbocycles. The van der Waals surface area contributed by atoms with Gasteiger partial charge in [-0.05, 0) is 29.0 Å². The Bertz CT molecular complexity index is 2070. The standard InChI is InChI=1S/C27H13N3O/c31-27-18-6-2-4-14-3-1-5-17(23(14)18)24-20(27)11-19-15-7-9-28-12-21(15)30-22-13-29-10-8-16(22)25(24)26(19)30/h1-13H. The number of aromatic nitrogens is 3. The van der Waals surface area contributed by atoms with E-state index in [1.807, 2.05) is 43.0 Å². The lowest BCUT2D eigenvalue weighted by Crippen LogP contribution is -2.03. The van der Waals surface area contributed by atoms with Crippen LogP contribution in [-0.2, 0) is 0 Å². The van der Waals surface area contributed by atoms with Crippen molar-refractivity contribution in [3.05, 3.63) is 89.6 Å². The molecule has 0 aliphatic rings. The molecule has 0 radical (unpaired) electrons.